The van der Waals surface area contributed by atoms with Crippen molar-refractivity contribution in [1.82, 2.24) is 0 Å². The number of esters is 1. The largest absolute Gasteiger partial charge is 0.457 e. The Balaban J connectivity index is 1.75. The summed E-state index contributed by atoms with van der Waals surface area (Å²) in [4.78, 5) is 13.0. The van der Waals surface area contributed by atoms with E-state index in [-0.39, 0.29) is 19.6 Å². The van der Waals surface area contributed by atoms with Crippen molar-refractivity contribution in [3.05, 3.63) is 72.9 Å². The van der Waals surface area contributed by atoms with Gasteiger partial charge in [0, 0.05) is 13.0 Å². The van der Waals surface area contributed by atoms with E-state index in [1.165, 1.54) is 51.4 Å². The van der Waals surface area contributed by atoms with Crippen molar-refractivity contribution in [3.8, 4) is 0 Å². The minimum absolute atomic E-state index is 0.0487. The molecular weight excluding hydrogens is 873 g/mol. The van der Waals surface area contributed by atoms with E-state index >= 15 is 0 Å². The zero-order valence-corrected chi connectivity index (χ0v) is 41.6. The van der Waals surface area contributed by atoms with Crippen LogP contribution in [-0.2, 0) is 33.2 Å². The summed E-state index contributed by atoms with van der Waals surface area (Å²) in [6.07, 6.45) is 33.9. The summed E-state index contributed by atoms with van der Waals surface area (Å²) < 4.78 is 34.2. The first-order chi connectivity index (χ1) is 33.1. The molecule has 0 aromatic carbocycles. The standard InChI is InChI=1S/C54H92O14/c1-3-5-7-9-11-13-15-16-17-18-19-20-21-22-23-24-25-26-27-29-31-33-35-37-46(56)66-43(40-63-38-36-34-32-30-28-14-12-10-8-6-4-2)41-64-53-52(62)50(60)48(58)45(68-53)42-65-54-51(61)49(59)47(57)44(39-55)67-54/h5,7,11,13,16-17,19-20,22-23,25-26,43-45,47-55,57-62H,3-4,6,8-10,12,14-15,18,21,24,27-42H2,1-2H3/b7-5-,13-11-,17-16-,20-19-,23-22-,26-25-. The molecule has 11 unspecified atom stereocenters. The van der Waals surface area contributed by atoms with E-state index < -0.39 is 86.7 Å². The van der Waals surface area contributed by atoms with Crippen molar-refractivity contribution < 1.29 is 69.0 Å². The Hall–Kier alpha value is -2.57. The number of hydrogen-bond donors (Lipinski definition) is 7. The van der Waals surface area contributed by atoms with Crippen LogP contribution in [0.15, 0.2) is 72.9 Å². The van der Waals surface area contributed by atoms with Crippen molar-refractivity contribution in [2.75, 3.05) is 33.0 Å². The molecule has 14 heteroatoms. The van der Waals surface area contributed by atoms with Crippen LogP contribution in [0.2, 0.25) is 0 Å². The van der Waals surface area contributed by atoms with E-state index in [1.54, 1.807) is 0 Å². The van der Waals surface area contributed by atoms with Gasteiger partial charge in [-0.3, -0.25) is 4.79 Å². The molecule has 0 aromatic rings. The number of ether oxygens (including phenoxy) is 6. The molecule has 392 valence electrons. The Bertz CT molecular complexity index is 1400. The Morgan fingerprint density at radius 2 is 0.956 bits per heavy atom. The summed E-state index contributed by atoms with van der Waals surface area (Å²) >= 11 is 0. The average molecular weight is 965 g/mol. The fraction of sp³-hybridized carbons (Fsp3) is 0.759. The number of allylic oxidation sites excluding steroid dienone is 12. The summed E-state index contributed by atoms with van der Waals surface area (Å²) in [5, 5.41) is 72.1. The van der Waals surface area contributed by atoms with Gasteiger partial charge in [-0.15, -0.1) is 0 Å². The van der Waals surface area contributed by atoms with Gasteiger partial charge in [-0.2, -0.15) is 0 Å². The van der Waals surface area contributed by atoms with Gasteiger partial charge >= 0.3 is 5.97 Å². The Labute approximate surface area is 408 Å². The highest BCUT2D eigenvalue weighted by atomic mass is 16.7. The second-order valence-corrected chi connectivity index (χ2v) is 18.0. The highest BCUT2D eigenvalue weighted by Crippen LogP contribution is 2.26. The molecule has 14 nitrogen and oxygen atoms in total. The Morgan fingerprint density at radius 1 is 0.500 bits per heavy atom. The molecule has 2 saturated heterocycles. The lowest BCUT2D eigenvalue weighted by Crippen LogP contribution is -2.61. The van der Waals surface area contributed by atoms with Gasteiger partial charge in [-0.05, 0) is 64.2 Å². The van der Waals surface area contributed by atoms with Crippen molar-refractivity contribution in [2.45, 2.75) is 229 Å². The van der Waals surface area contributed by atoms with E-state index in [1.807, 2.05) is 0 Å². The number of aliphatic hydroxyl groups excluding tert-OH is 7. The second-order valence-electron chi connectivity index (χ2n) is 18.0. The number of carbonyl (C=O) groups excluding carboxylic acids is 1. The van der Waals surface area contributed by atoms with Crippen molar-refractivity contribution >= 4 is 5.97 Å². The first kappa shape index (κ1) is 61.5. The first-order valence-corrected chi connectivity index (χ1v) is 26.0. The van der Waals surface area contributed by atoms with Crippen LogP contribution in [0.4, 0.5) is 0 Å². The summed E-state index contributed by atoms with van der Waals surface area (Å²) in [6, 6.07) is 0. The smallest absolute Gasteiger partial charge is 0.306 e. The van der Waals surface area contributed by atoms with Gasteiger partial charge < -0.3 is 64.2 Å². The molecule has 11 atom stereocenters. The molecule has 2 rings (SSSR count). The van der Waals surface area contributed by atoms with Crippen LogP contribution in [0, 0.1) is 0 Å². The summed E-state index contributed by atoms with van der Waals surface area (Å²) in [5.74, 6) is -0.403. The van der Waals surface area contributed by atoms with Crippen molar-refractivity contribution in [2.24, 2.45) is 0 Å². The molecule has 0 aliphatic carbocycles. The molecule has 2 fully saturated rings. The average Bonchev–Trinajstić information content (AvgIpc) is 3.33. The zero-order valence-electron chi connectivity index (χ0n) is 41.6. The van der Waals surface area contributed by atoms with E-state index in [2.05, 4.69) is 86.8 Å². The maximum atomic E-state index is 13.0. The topological polar surface area (TPSA) is 214 Å². The maximum Gasteiger partial charge on any atom is 0.306 e. The molecule has 2 aliphatic heterocycles. The Kier molecular flexibility index (Phi) is 37.2. The molecule has 0 bridgehead atoms. The lowest BCUT2D eigenvalue weighted by Gasteiger charge is -2.42. The van der Waals surface area contributed by atoms with Gasteiger partial charge in [0.1, 0.15) is 54.9 Å². The van der Waals surface area contributed by atoms with E-state index in [9.17, 15) is 40.5 Å². The molecule has 0 aromatic heterocycles. The minimum Gasteiger partial charge on any atom is -0.457 e. The molecule has 0 amide bonds. The summed E-state index contributed by atoms with van der Waals surface area (Å²) in [7, 11) is 0. The molecular formula is C54H92O14. The third kappa shape index (κ3) is 28.3. The van der Waals surface area contributed by atoms with Gasteiger partial charge in [-0.1, -0.05) is 164 Å². The van der Waals surface area contributed by atoms with E-state index in [0.717, 1.165) is 83.5 Å². The fourth-order valence-electron chi connectivity index (χ4n) is 7.76. The van der Waals surface area contributed by atoms with Crippen molar-refractivity contribution in [1.29, 1.82) is 0 Å². The molecule has 0 radical (unpaired) electrons. The van der Waals surface area contributed by atoms with E-state index in [4.69, 9.17) is 28.4 Å². The molecule has 0 spiro atoms. The molecule has 2 aliphatic rings. The van der Waals surface area contributed by atoms with Gasteiger partial charge in [0.05, 0.1) is 26.4 Å². The van der Waals surface area contributed by atoms with Crippen LogP contribution < -0.4 is 0 Å². The zero-order chi connectivity index (χ0) is 49.5. The van der Waals surface area contributed by atoms with Crippen LogP contribution in [0.5, 0.6) is 0 Å². The van der Waals surface area contributed by atoms with Crippen LogP contribution >= 0.6 is 0 Å². The number of hydrogen-bond acceptors (Lipinski definition) is 14. The highest BCUT2D eigenvalue weighted by molar-refractivity contribution is 5.69. The van der Waals surface area contributed by atoms with Crippen LogP contribution in [0.1, 0.15) is 162 Å². The summed E-state index contributed by atoms with van der Waals surface area (Å²) in [6.45, 7) is 3.52. The predicted molar refractivity (Wildman–Crippen MR) is 265 cm³/mol. The molecule has 7 N–H and O–H groups in total. The van der Waals surface area contributed by atoms with Gasteiger partial charge in [0.2, 0.25) is 0 Å². The second kappa shape index (κ2) is 41.1. The normalized spacial score (nSPS) is 26.5. The van der Waals surface area contributed by atoms with E-state index in [0.29, 0.717) is 13.0 Å². The highest BCUT2D eigenvalue weighted by Gasteiger charge is 2.47. The third-order valence-corrected chi connectivity index (χ3v) is 12.0. The fourth-order valence-corrected chi connectivity index (χ4v) is 7.76. The number of unbranched alkanes of at least 4 members (excludes halogenated alkanes) is 14. The number of carbonyl (C=O) groups is 1. The molecule has 2 heterocycles. The lowest BCUT2D eigenvalue weighted by atomic mass is 9.98. The molecule has 68 heavy (non-hydrogen) atoms. The first-order valence-electron chi connectivity index (χ1n) is 26.0. The quantitative estimate of drug-likeness (QED) is 0.0177. The SMILES string of the molecule is CC/C=C\C/C=C\C/C=C\C/C=C\C/C=C\C/C=C\CCCCCCC(=O)OC(COCCCCCCCCCCCCC)COC1OC(COC2OC(CO)C(O)C(O)C2O)C(O)C(O)C1O. The van der Waals surface area contributed by atoms with Gasteiger partial charge in [0.25, 0.3) is 0 Å². The number of aliphatic hydroxyl groups is 7. The third-order valence-electron chi connectivity index (χ3n) is 12.0. The van der Waals surface area contributed by atoms with Crippen LogP contribution in [-0.4, -0.2) is 142 Å². The monoisotopic (exact) mass is 965 g/mol. The van der Waals surface area contributed by atoms with Gasteiger partial charge in [-0.25, -0.2) is 0 Å². The van der Waals surface area contributed by atoms with Crippen LogP contribution in [0.25, 0.3) is 0 Å². The maximum absolute atomic E-state index is 13.0. The van der Waals surface area contributed by atoms with Crippen molar-refractivity contribution in [3.63, 3.8) is 0 Å². The minimum atomic E-state index is -1.71. The lowest BCUT2D eigenvalue weighted by molar-refractivity contribution is -0.332. The predicted octanol–water partition coefficient (Wildman–Crippen LogP) is 7.90. The summed E-state index contributed by atoms with van der Waals surface area (Å²) in [5.41, 5.74) is 0. The van der Waals surface area contributed by atoms with Gasteiger partial charge in [0.15, 0.2) is 12.6 Å². The Morgan fingerprint density at radius 3 is 1.50 bits per heavy atom. The molecule has 0 saturated carbocycles. The van der Waals surface area contributed by atoms with Crippen LogP contribution in [0.3, 0.4) is 0 Å². The number of rotatable bonds is 40.